The lowest BCUT2D eigenvalue weighted by atomic mass is 10.1. The highest BCUT2D eigenvalue weighted by molar-refractivity contribution is 5.53. The lowest BCUT2D eigenvalue weighted by Gasteiger charge is -2.43. The van der Waals surface area contributed by atoms with Gasteiger partial charge in [0.05, 0.1) is 0 Å². The minimum absolute atomic E-state index is 0.327. The van der Waals surface area contributed by atoms with E-state index in [1.54, 1.807) is 0 Å². The predicted octanol–water partition coefficient (Wildman–Crippen LogP) is 1.02. The van der Waals surface area contributed by atoms with E-state index in [-0.39, 0.29) is 0 Å². The third-order valence-electron chi connectivity index (χ3n) is 3.77. The quantitative estimate of drug-likeness (QED) is 0.849. The van der Waals surface area contributed by atoms with E-state index >= 15 is 0 Å². The first kappa shape index (κ1) is 13.9. The average molecular weight is 264 g/mol. The van der Waals surface area contributed by atoms with E-state index in [2.05, 4.69) is 46.0 Å². The van der Waals surface area contributed by atoms with E-state index in [1.165, 1.54) is 0 Å². The first-order valence-electron chi connectivity index (χ1n) is 6.86. The summed E-state index contributed by atoms with van der Waals surface area (Å²) in [4.78, 5) is 13.2. The predicted molar refractivity (Wildman–Crippen MR) is 79.5 cm³/mol. The summed E-state index contributed by atoms with van der Waals surface area (Å²) >= 11 is 0. The summed E-state index contributed by atoms with van der Waals surface area (Å²) in [5.41, 5.74) is 5.79. The van der Waals surface area contributed by atoms with Gasteiger partial charge in [-0.2, -0.15) is 9.97 Å². The van der Waals surface area contributed by atoms with Crippen LogP contribution in [0.5, 0.6) is 0 Å². The van der Waals surface area contributed by atoms with Gasteiger partial charge in [-0.05, 0) is 27.8 Å². The van der Waals surface area contributed by atoms with Gasteiger partial charge in [0.1, 0.15) is 11.6 Å². The fraction of sp³-hybridized carbons (Fsp3) is 0.692. The molecule has 0 amide bonds. The molecular formula is C13H24N6. The molecule has 1 aliphatic heterocycles. The van der Waals surface area contributed by atoms with Crippen molar-refractivity contribution in [1.29, 1.82) is 0 Å². The Morgan fingerprint density at radius 2 is 1.95 bits per heavy atom. The van der Waals surface area contributed by atoms with E-state index in [0.717, 1.165) is 31.3 Å². The molecule has 0 spiro atoms. The van der Waals surface area contributed by atoms with Crippen LogP contribution in [0.25, 0.3) is 0 Å². The number of nitrogen functional groups attached to an aromatic ring is 1. The molecule has 2 heterocycles. The van der Waals surface area contributed by atoms with Crippen molar-refractivity contribution in [2.24, 2.45) is 0 Å². The Labute approximate surface area is 115 Å². The van der Waals surface area contributed by atoms with Crippen molar-refractivity contribution in [1.82, 2.24) is 14.9 Å². The zero-order valence-electron chi connectivity index (χ0n) is 12.2. The molecule has 0 saturated carbocycles. The van der Waals surface area contributed by atoms with E-state index in [9.17, 15) is 0 Å². The van der Waals surface area contributed by atoms with Crippen LogP contribution in [0.2, 0.25) is 0 Å². The molecule has 106 valence electrons. The summed E-state index contributed by atoms with van der Waals surface area (Å²) in [5.74, 6) is 2.03. The number of likely N-dealkylation sites (N-methyl/N-ethyl adjacent to an activating group) is 1. The molecule has 1 aliphatic rings. The van der Waals surface area contributed by atoms with E-state index in [1.807, 2.05) is 13.0 Å². The van der Waals surface area contributed by atoms with Crippen LogP contribution in [0.4, 0.5) is 17.6 Å². The Morgan fingerprint density at radius 1 is 1.32 bits per heavy atom. The molecule has 6 heteroatoms. The van der Waals surface area contributed by atoms with Crippen LogP contribution < -0.4 is 16.0 Å². The van der Waals surface area contributed by atoms with E-state index in [0.29, 0.717) is 18.0 Å². The van der Waals surface area contributed by atoms with Crippen molar-refractivity contribution < 1.29 is 0 Å². The summed E-state index contributed by atoms with van der Waals surface area (Å²) in [6.07, 6.45) is 0. The molecule has 1 saturated heterocycles. The van der Waals surface area contributed by atoms with Crippen LogP contribution in [-0.4, -0.2) is 53.6 Å². The molecule has 0 aromatic carbocycles. The lowest BCUT2D eigenvalue weighted by Crippen LogP contribution is -2.55. The molecule has 2 unspecified atom stereocenters. The van der Waals surface area contributed by atoms with Gasteiger partial charge in [0.25, 0.3) is 0 Å². The Hall–Kier alpha value is -1.56. The van der Waals surface area contributed by atoms with Gasteiger partial charge >= 0.3 is 0 Å². The zero-order chi connectivity index (χ0) is 14.0. The Bertz CT molecular complexity index is 423. The summed E-state index contributed by atoms with van der Waals surface area (Å²) in [6.45, 7) is 9.26. The SMILES string of the molecule is CCNc1cc(N2CC(C)N(C)C(C)C2)nc(N)n1. The molecule has 2 atom stereocenters. The second kappa shape index (κ2) is 5.61. The first-order valence-corrected chi connectivity index (χ1v) is 6.86. The molecule has 0 bridgehead atoms. The normalized spacial score (nSPS) is 24.5. The van der Waals surface area contributed by atoms with Gasteiger partial charge in [0.15, 0.2) is 0 Å². The molecule has 0 aliphatic carbocycles. The van der Waals surface area contributed by atoms with Crippen LogP contribution in [0.1, 0.15) is 20.8 Å². The van der Waals surface area contributed by atoms with Crippen LogP contribution in [0, 0.1) is 0 Å². The highest BCUT2D eigenvalue weighted by atomic mass is 15.3. The largest absolute Gasteiger partial charge is 0.370 e. The summed E-state index contributed by atoms with van der Waals surface area (Å²) in [7, 11) is 2.17. The number of rotatable bonds is 3. The summed E-state index contributed by atoms with van der Waals surface area (Å²) < 4.78 is 0. The van der Waals surface area contributed by atoms with Crippen LogP contribution >= 0.6 is 0 Å². The number of piperazine rings is 1. The van der Waals surface area contributed by atoms with Crippen molar-refractivity contribution >= 4 is 17.6 Å². The van der Waals surface area contributed by atoms with Gasteiger partial charge in [0, 0.05) is 37.8 Å². The third-order valence-corrected chi connectivity index (χ3v) is 3.77. The van der Waals surface area contributed by atoms with Gasteiger partial charge in [-0.3, -0.25) is 4.90 Å². The lowest BCUT2D eigenvalue weighted by molar-refractivity contribution is 0.169. The number of nitrogens with two attached hydrogens (primary N) is 1. The van der Waals surface area contributed by atoms with Gasteiger partial charge < -0.3 is 16.0 Å². The van der Waals surface area contributed by atoms with E-state index in [4.69, 9.17) is 5.73 Å². The Balaban J connectivity index is 2.21. The van der Waals surface area contributed by atoms with Crippen molar-refractivity contribution in [2.75, 3.05) is 42.6 Å². The number of hydrogen-bond donors (Lipinski definition) is 2. The number of nitrogens with one attached hydrogen (secondary N) is 1. The smallest absolute Gasteiger partial charge is 0.223 e. The van der Waals surface area contributed by atoms with Crippen molar-refractivity contribution in [3.8, 4) is 0 Å². The van der Waals surface area contributed by atoms with Crippen LogP contribution in [0.15, 0.2) is 6.07 Å². The number of anilines is 3. The highest BCUT2D eigenvalue weighted by Gasteiger charge is 2.27. The Kier molecular flexibility index (Phi) is 4.09. The molecule has 0 radical (unpaired) electrons. The average Bonchev–Trinajstić information content (AvgIpc) is 2.35. The second-order valence-corrected chi connectivity index (χ2v) is 5.27. The highest BCUT2D eigenvalue weighted by Crippen LogP contribution is 2.22. The third kappa shape index (κ3) is 3.07. The topological polar surface area (TPSA) is 70.3 Å². The van der Waals surface area contributed by atoms with E-state index < -0.39 is 0 Å². The molecule has 2 rings (SSSR count). The number of hydrogen-bond acceptors (Lipinski definition) is 6. The van der Waals surface area contributed by atoms with Crippen molar-refractivity contribution in [2.45, 2.75) is 32.9 Å². The van der Waals surface area contributed by atoms with Crippen LogP contribution in [0.3, 0.4) is 0 Å². The minimum atomic E-state index is 0.327. The number of nitrogens with zero attached hydrogens (tertiary/aromatic N) is 4. The fourth-order valence-electron chi connectivity index (χ4n) is 2.48. The van der Waals surface area contributed by atoms with Gasteiger partial charge in [-0.25, -0.2) is 0 Å². The summed E-state index contributed by atoms with van der Waals surface area (Å²) in [6, 6.07) is 2.98. The number of aromatic nitrogens is 2. The molecule has 1 aromatic rings. The molecular weight excluding hydrogens is 240 g/mol. The van der Waals surface area contributed by atoms with Gasteiger partial charge in [-0.1, -0.05) is 0 Å². The molecule has 1 fully saturated rings. The summed E-state index contributed by atoms with van der Waals surface area (Å²) in [5, 5.41) is 3.19. The Morgan fingerprint density at radius 3 is 2.53 bits per heavy atom. The first-order chi connectivity index (χ1) is 9.01. The van der Waals surface area contributed by atoms with Crippen molar-refractivity contribution in [3.63, 3.8) is 0 Å². The monoisotopic (exact) mass is 264 g/mol. The standard InChI is InChI=1S/C13H24N6/c1-5-15-11-6-12(17-13(14)16-11)19-7-9(2)18(4)10(3)8-19/h6,9-10H,5,7-8H2,1-4H3,(H3,14,15,16,17). The molecule has 3 N–H and O–H groups in total. The zero-order valence-corrected chi connectivity index (χ0v) is 12.2. The van der Waals surface area contributed by atoms with Crippen LogP contribution in [-0.2, 0) is 0 Å². The maximum absolute atomic E-state index is 5.79. The maximum atomic E-state index is 5.79. The molecule has 6 nitrogen and oxygen atoms in total. The second-order valence-electron chi connectivity index (χ2n) is 5.27. The fourth-order valence-corrected chi connectivity index (χ4v) is 2.48. The molecule has 19 heavy (non-hydrogen) atoms. The maximum Gasteiger partial charge on any atom is 0.223 e. The molecule has 1 aromatic heterocycles. The minimum Gasteiger partial charge on any atom is -0.370 e. The van der Waals surface area contributed by atoms with Crippen molar-refractivity contribution in [3.05, 3.63) is 6.07 Å². The van der Waals surface area contributed by atoms with Gasteiger partial charge in [-0.15, -0.1) is 0 Å². The van der Waals surface area contributed by atoms with Gasteiger partial charge in [0.2, 0.25) is 5.95 Å².